The Labute approximate surface area is 59.7 Å². The third kappa shape index (κ3) is 1.17. The maximum atomic E-state index is 11.8. The van der Waals surface area contributed by atoms with Gasteiger partial charge in [-0.1, -0.05) is 0 Å². The number of halogens is 1. The third-order valence-corrected chi connectivity index (χ3v) is 1.67. The smallest absolute Gasteiger partial charge is 0.107 e. The Hall–Kier alpha value is -0.860. The fraction of sp³-hybridized carbons (Fsp3) is 0.571. The van der Waals surface area contributed by atoms with Gasteiger partial charge < -0.3 is 4.57 Å². The average molecular weight is 142 g/mol. The largest absolute Gasteiger partial charge is 0.332 e. The maximum absolute atomic E-state index is 11.8. The van der Waals surface area contributed by atoms with E-state index < -0.39 is 0 Å². The number of aromatic nitrogens is 2. The molecule has 10 heavy (non-hydrogen) atoms. The van der Waals surface area contributed by atoms with E-state index in [1.165, 1.54) is 0 Å². The fourth-order valence-corrected chi connectivity index (χ4v) is 0.861. The highest BCUT2D eigenvalue weighted by atomic mass is 19.1. The third-order valence-electron chi connectivity index (χ3n) is 1.67. The highest BCUT2D eigenvalue weighted by Gasteiger charge is 1.99. The Bertz CT molecular complexity index is 217. The molecule has 2 nitrogen and oxygen atoms in total. The van der Waals surface area contributed by atoms with Gasteiger partial charge in [-0.25, -0.2) is 9.37 Å². The molecule has 0 radical (unpaired) electrons. The Morgan fingerprint density at radius 2 is 2.30 bits per heavy atom. The van der Waals surface area contributed by atoms with E-state index in [-0.39, 0.29) is 6.67 Å². The molecule has 3 heteroatoms. The number of hydrogen-bond donors (Lipinski definition) is 0. The van der Waals surface area contributed by atoms with Crippen molar-refractivity contribution in [2.45, 2.75) is 20.4 Å². The minimum atomic E-state index is -0.323. The topological polar surface area (TPSA) is 17.8 Å². The van der Waals surface area contributed by atoms with Crippen molar-refractivity contribution in [3.63, 3.8) is 0 Å². The predicted octanol–water partition coefficient (Wildman–Crippen LogP) is 1.47. The van der Waals surface area contributed by atoms with Gasteiger partial charge in [-0.15, -0.1) is 0 Å². The lowest BCUT2D eigenvalue weighted by Crippen LogP contribution is -1.99. The lowest BCUT2D eigenvalue weighted by atomic mass is 10.4. The highest BCUT2D eigenvalue weighted by Crippen LogP contribution is 2.03. The molecule has 0 bridgehead atoms. The summed E-state index contributed by atoms with van der Waals surface area (Å²) in [4.78, 5) is 4.03. The second-order valence-electron chi connectivity index (χ2n) is 2.30. The predicted molar refractivity (Wildman–Crippen MR) is 37.7 cm³/mol. The summed E-state index contributed by atoms with van der Waals surface area (Å²) in [5.74, 6) is 0. The van der Waals surface area contributed by atoms with Gasteiger partial charge in [0.05, 0.1) is 18.6 Å². The van der Waals surface area contributed by atoms with Gasteiger partial charge in [-0.2, -0.15) is 0 Å². The molecular weight excluding hydrogens is 131 g/mol. The van der Waals surface area contributed by atoms with Crippen molar-refractivity contribution in [1.29, 1.82) is 0 Å². The highest BCUT2D eigenvalue weighted by molar-refractivity contribution is 5.08. The number of nitrogens with zero attached hydrogens (tertiary/aromatic N) is 2. The molecule has 0 aliphatic heterocycles. The summed E-state index contributed by atoms with van der Waals surface area (Å²) in [5, 5.41) is 0. The lowest BCUT2D eigenvalue weighted by Gasteiger charge is -1.99. The second-order valence-corrected chi connectivity index (χ2v) is 2.30. The van der Waals surface area contributed by atoms with Crippen LogP contribution in [0.4, 0.5) is 4.39 Å². The van der Waals surface area contributed by atoms with E-state index in [9.17, 15) is 4.39 Å². The molecule has 0 atom stereocenters. The van der Waals surface area contributed by atoms with Crippen LogP contribution in [0.15, 0.2) is 6.33 Å². The lowest BCUT2D eigenvalue weighted by molar-refractivity contribution is 0.442. The van der Waals surface area contributed by atoms with Crippen LogP contribution >= 0.6 is 0 Å². The summed E-state index contributed by atoms with van der Waals surface area (Å²) < 4.78 is 13.6. The quantitative estimate of drug-likeness (QED) is 0.611. The van der Waals surface area contributed by atoms with Crippen LogP contribution in [0.1, 0.15) is 11.4 Å². The number of alkyl halides is 1. The van der Waals surface area contributed by atoms with Crippen LogP contribution in [0.5, 0.6) is 0 Å². The molecule has 0 N–H and O–H groups in total. The van der Waals surface area contributed by atoms with Crippen LogP contribution in [-0.4, -0.2) is 16.2 Å². The number of aryl methyl sites for hydroxylation is 2. The van der Waals surface area contributed by atoms with E-state index in [1.54, 1.807) is 6.33 Å². The molecule has 0 fully saturated rings. The van der Waals surface area contributed by atoms with Crippen molar-refractivity contribution in [3.8, 4) is 0 Å². The number of hydrogen-bond acceptors (Lipinski definition) is 1. The number of imidazole rings is 1. The summed E-state index contributed by atoms with van der Waals surface area (Å²) in [5.41, 5.74) is 2.03. The van der Waals surface area contributed by atoms with Gasteiger partial charge in [-0.3, -0.25) is 0 Å². The molecule has 0 amide bonds. The van der Waals surface area contributed by atoms with E-state index >= 15 is 0 Å². The van der Waals surface area contributed by atoms with E-state index in [0.717, 1.165) is 11.4 Å². The van der Waals surface area contributed by atoms with Gasteiger partial charge in [0.1, 0.15) is 6.67 Å². The molecule has 1 heterocycles. The monoisotopic (exact) mass is 142 g/mol. The van der Waals surface area contributed by atoms with Crippen LogP contribution < -0.4 is 0 Å². The molecule has 0 spiro atoms. The minimum Gasteiger partial charge on any atom is -0.332 e. The molecular formula is C7H11FN2. The summed E-state index contributed by atoms with van der Waals surface area (Å²) in [6, 6.07) is 0. The van der Waals surface area contributed by atoms with Gasteiger partial charge in [-0.05, 0) is 13.8 Å². The first-order valence-corrected chi connectivity index (χ1v) is 3.30. The zero-order chi connectivity index (χ0) is 7.56. The molecule has 1 rings (SSSR count). The van der Waals surface area contributed by atoms with Crippen LogP contribution in [0, 0.1) is 13.8 Å². The summed E-state index contributed by atoms with van der Waals surface area (Å²) in [6.45, 7) is 3.96. The Morgan fingerprint density at radius 1 is 1.60 bits per heavy atom. The van der Waals surface area contributed by atoms with Crippen molar-refractivity contribution in [1.82, 2.24) is 9.55 Å². The Kier molecular flexibility index (Phi) is 2.04. The summed E-state index contributed by atoms with van der Waals surface area (Å²) in [6.07, 6.45) is 1.67. The molecule has 1 aromatic rings. The molecule has 1 aromatic heterocycles. The van der Waals surface area contributed by atoms with Crippen molar-refractivity contribution in [2.24, 2.45) is 0 Å². The zero-order valence-corrected chi connectivity index (χ0v) is 6.26. The fourth-order valence-electron chi connectivity index (χ4n) is 0.861. The van der Waals surface area contributed by atoms with Gasteiger partial charge in [0, 0.05) is 5.69 Å². The standard InChI is InChI=1S/C7H11FN2/c1-6-7(2)10(4-3-8)5-9-6/h5H,3-4H2,1-2H3. The van der Waals surface area contributed by atoms with Gasteiger partial charge in [0.25, 0.3) is 0 Å². The van der Waals surface area contributed by atoms with Gasteiger partial charge in [0.15, 0.2) is 0 Å². The van der Waals surface area contributed by atoms with Gasteiger partial charge in [0.2, 0.25) is 0 Å². The zero-order valence-electron chi connectivity index (χ0n) is 6.26. The van der Waals surface area contributed by atoms with E-state index in [0.29, 0.717) is 6.54 Å². The first-order valence-electron chi connectivity index (χ1n) is 3.30. The SMILES string of the molecule is Cc1ncn(CCF)c1C. The van der Waals surface area contributed by atoms with E-state index in [2.05, 4.69) is 4.98 Å². The van der Waals surface area contributed by atoms with Crippen LogP contribution in [0.2, 0.25) is 0 Å². The normalized spacial score (nSPS) is 10.3. The van der Waals surface area contributed by atoms with Crippen molar-refractivity contribution < 1.29 is 4.39 Å². The Balaban J connectivity index is 2.83. The van der Waals surface area contributed by atoms with E-state index in [4.69, 9.17) is 0 Å². The molecule has 56 valence electrons. The molecule has 0 saturated carbocycles. The average Bonchev–Trinajstić information content (AvgIpc) is 2.20. The van der Waals surface area contributed by atoms with Crippen molar-refractivity contribution >= 4 is 0 Å². The number of rotatable bonds is 2. The van der Waals surface area contributed by atoms with Crippen molar-refractivity contribution in [3.05, 3.63) is 17.7 Å². The first-order chi connectivity index (χ1) is 4.75. The molecule has 0 saturated heterocycles. The molecule has 0 aromatic carbocycles. The first kappa shape index (κ1) is 7.25. The summed E-state index contributed by atoms with van der Waals surface area (Å²) in [7, 11) is 0. The summed E-state index contributed by atoms with van der Waals surface area (Å²) >= 11 is 0. The molecule has 0 aliphatic carbocycles. The van der Waals surface area contributed by atoms with Crippen LogP contribution in [0.25, 0.3) is 0 Å². The minimum absolute atomic E-state index is 0.323. The van der Waals surface area contributed by atoms with Crippen molar-refractivity contribution in [2.75, 3.05) is 6.67 Å². The maximum Gasteiger partial charge on any atom is 0.107 e. The molecule has 0 unspecified atom stereocenters. The van der Waals surface area contributed by atoms with Crippen LogP contribution in [-0.2, 0) is 6.54 Å². The Morgan fingerprint density at radius 3 is 2.70 bits per heavy atom. The van der Waals surface area contributed by atoms with E-state index in [1.807, 2.05) is 18.4 Å². The van der Waals surface area contributed by atoms with Crippen LogP contribution in [0.3, 0.4) is 0 Å². The van der Waals surface area contributed by atoms with Gasteiger partial charge >= 0.3 is 0 Å². The second kappa shape index (κ2) is 2.82. The molecule has 0 aliphatic rings.